The minimum Gasteiger partial charge on any atom is -0.365 e. The Morgan fingerprint density at radius 3 is 2.50 bits per heavy atom. The molecule has 0 bridgehead atoms. The zero-order valence-corrected chi connectivity index (χ0v) is 19.6. The van der Waals surface area contributed by atoms with Crippen LogP contribution in [0.1, 0.15) is 38.2 Å². The summed E-state index contributed by atoms with van der Waals surface area (Å²) in [6, 6.07) is 9.18. The van der Waals surface area contributed by atoms with Crippen molar-refractivity contribution >= 4 is 33.3 Å². The van der Waals surface area contributed by atoms with Gasteiger partial charge in [0.25, 0.3) is 0 Å². The number of anilines is 2. The SMILES string of the molecule is CCc1ccc(-c2nc3sc(N4CCN(C(=O)NC)CC4)nn3c2NC2CCCC2)cc1. The van der Waals surface area contributed by atoms with E-state index < -0.39 is 0 Å². The molecule has 1 aliphatic carbocycles. The zero-order valence-electron chi connectivity index (χ0n) is 18.8. The monoisotopic (exact) mass is 453 g/mol. The Hall–Kier alpha value is -2.81. The van der Waals surface area contributed by atoms with Gasteiger partial charge in [-0.3, -0.25) is 0 Å². The molecule has 0 unspecified atom stereocenters. The van der Waals surface area contributed by atoms with Crippen molar-refractivity contribution in [2.75, 3.05) is 43.4 Å². The molecule has 5 rings (SSSR count). The lowest BCUT2D eigenvalue weighted by Crippen LogP contribution is -2.51. The molecule has 9 heteroatoms. The van der Waals surface area contributed by atoms with Gasteiger partial charge in [0.15, 0.2) is 5.82 Å². The molecule has 0 radical (unpaired) electrons. The molecule has 1 saturated carbocycles. The van der Waals surface area contributed by atoms with E-state index in [0.717, 1.165) is 46.7 Å². The average molecular weight is 454 g/mol. The molecule has 1 aromatic carbocycles. The van der Waals surface area contributed by atoms with E-state index in [4.69, 9.17) is 10.1 Å². The second kappa shape index (κ2) is 8.97. The number of imidazole rings is 1. The molecule has 0 spiro atoms. The lowest BCUT2D eigenvalue weighted by molar-refractivity contribution is 0.196. The van der Waals surface area contributed by atoms with Gasteiger partial charge in [0.2, 0.25) is 10.1 Å². The lowest BCUT2D eigenvalue weighted by atomic mass is 10.1. The van der Waals surface area contributed by atoms with E-state index in [0.29, 0.717) is 19.1 Å². The standard InChI is InChI=1S/C23H31N7OS/c1-3-16-8-10-17(11-9-16)19-20(25-18-6-4-5-7-18)30-22(26-19)32-23(27-30)29-14-12-28(13-15-29)21(31)24-2/h8-11,18,25H,3-7,12-15H2,1-2H3,(H,24,31). The van der Waals surface area contributed by atoms with Crippen molar-refractivity contribution in [3.8, 4) is 11.3 Å². The number of amides is 2. The number of rotatable bonds is 5. The maximum absolute atomic E-state index is 11.9. The third kappa shape index (κ3) is 4.01. The summed E-state index contributed by atoms with van der Waals surface area (Å²) in [4.78, 5) is 21.9. The number of fused-ring (bicyclic) bond motifs is 1. The van der Waals surface area contributed by atoms with Gasteiger partial charge in [-0.15, -0.1) is 5.10 Å². The number of hydrogen-bond donors (Lipinski definition) is 2. The highest BCUT2D eigenvalue weighted by molar-refractivity contribution is 7.20. The quantitative estimate of drug-likeness (QED) is 0.614. The second-order valence-corrected chi connectivity index (χ2v) is 9.53. The van der Waals surface area contributed by atoms with Crippen LogP contribution >= 0.6 is 11.3 Å². The summed E-state index contributed by atoms with van der Waals surface area (Å²) in [5, 5.41) is 12.4. The predicted molar refractivity (Wildman–Crippen MR) is 130 cm³/mol. The highest BCUT2D eigenvalue weighted by Gasteiger charge is 2.26. The van der Waals surface area contributed by atoms with Crippen LogP contribution in [0.5, 0.6) is 0 Å². The van der Waals surface area contributed by atoms with E-state index >= 15 is 0 Å². The third-order valence-corrected chi connectivity index (χ3v) is 7.54. The summed E-state index contributed by atoms with van der Waals surface area (Å²) < 4.78 is 1.99. The van der Waals surface area contributed by atoms with Crippen LogP contribution in [-0.4, -0.2) is 64.8 Å². The molecular weight excluding hydrogens is 422 g/mol. The molecule has 1 saturated heterocycles. The number of hydrogen-bond acceptors (Lipinski definition) is 6. The molecule has 2 aromatic heterocycles. The number of urea groups is 1. The minimum absolute atomic E-state index is 0.0135. The van der Waals surface area contributed by atoms with Gasteiger partial charge in [-0.05, 0) is 24.8 Å². The molecular formula is C23H31N7OS. The average Bonchev–Trinajstić information content (AvgIpc) is 3.57. The van der Waals surface area contributed by atoms with E-state index in [-0.39, 0.29) is 6.03 Å². The van der Waals surface area contributed by atoms with Crippen molar-refractivity contribution in [2.45, 2.75) is 45.1 Å². The van der Waals surface area contributed by atoms with E-state index in [1.54, 1.807) is 18.4 Å². The van der Waals surface area contributed by atoms with Gasteiger partial charge in [-0.2, -0.15) is 4.52 Å². The molecule has 2 N–H and O–H groups in total. The summed E-state index contributed by atoms with van der Waals surface area (Å²) in [6.45, 7) is 5.13. The Morgan fingerprint density at radius 1 is 1.12 bits per heavy atom. The van der Waals surface area contributed by atoms with Gasteiger partial charge < -0.3 is 20.4 Å². The van der Waals surface area contributed by atoms with E-state index in [1.165, 1.54) is 31.2 Å². The van der Waals surface area contributed by atoms with Crippen molar-refractivity contribution < 1.29 is 4.79 Å². The number of benzene rings is 1. The molecule has 1 aliphatic heterocycles. The summed E-state index contributed by atoms with van der Waals surface area (Å²) in [7, 11) is 1.68. The first-order valence-electron chi connectivity index (χ1n) is 11.6. The van der Waals surface area contributed by atoms with Crippen molar-refractivity contribution in [1.29, 1.82) is 0 Å². The fraction of sp³-hybridized carbons (Fsp3) is 0.522. The first-order chi connectivity index (χ1) is 15.7. The van der Waals surface area contributed by atoms with Crippen molar-refractivity contribution in [3.05, 3.63) is 29.8 Å². The maximum atomic E-state index is 11.9. The topological polar surface area (TPSA) is 77.8 Å². The Kier molecular flexibility index (Phi) is 5.91. The van der Waals surface area contributed by atoms with Crippen LogP contribution in [0.3, 0.4) is 0 Å². The van der Waals surface area contributed by atoms with Crippen LogP contribution in [0.15, 0.2) is 24.3 Å². The molecule has 170 valence electrons. The van der Waals surface area contributed by atoms with Crippen molar-refractivity contribution in [3.63, 3.8) is 0 Å². The van der Waals surface area contributed by atoms with Crippen LogP contribution in [0, 0.1) is 0 Å². The number of carbonyl (C=O) groups is 1. The Morgan fingerprint density at radius 2 is 1.84 bits per heavy atom. The van der Waals surface area contributed by atoms with E-state index in [1.807, 2.05) is 9.42 Å². The van der Waals surface area contributed by atoms with Crippen LogP contribution in [0.25, 0.3) is 16.2 Å². The smallest absolute Gasteiger partial charge is 0.317 e. The van der Waals surface area contributed by atoms with Gasteiger partial charge in [0.05, 0.1) is 0 Å². The largest absolute Gasteiger partial charge is 0.365 e. The molecule has 2 aliphatic rings. The molecule has 0 atom stereocenters. The van der Waals surface area contributed by atoms with Gasteiger partial charge in [-0.1, -0.05) is 55.4 Å². The fourth-order valence-electron chi connectivity index (χ4n) is 4.62. The predicted octanol–water partition coefficient (Wildman–Crippen LogP) is 3.84. The zero-order chi connectivity index (χ0) is 22.1. The summed E-state index contributed by atoms with van der Waals surface area (Å²) in [6.07, 6.45) is 5.97. The number of carbonyl (C=O) groups excluding carboxylic acids is 1. The first-order valence-corrected chi connectivity index (χ1v) is 12.4. The summed E-state index contributed by atoms with van der Waals surface area (Å²) in [5.41, 5.74) is 3.44. The van der Waals surface area contributed by atoms with Crippen LogP contribution in [0.2, 0.25) is 0 Å². The highest BCUT2D eigenvalue weighted by atomic mass is 32.1. The number of piperazine rings is 1. The summed E-state index contributed by atoms with van der Waals surface area (Å²) >= 11 is 1.62. The summed E-state index contributed by atoms with van der Waals surface area (Å²) in [5.74, 6) is 1.00. The van der Waals surface area contributed by atoms with Crippen LogP contribution in [0.4, 0.5) is 15.7 Å². The van der Waals surface area contributed by atoms with Gasteiger partial charge in [0.1, 0.15) is 5.69 Å². The normalized spacial score (nSPS) is 17.3. The molecule has 2 amide bonds. The van der Waals surface area contributed by atoms with Gasteiger partial charge in [0, 0.05) is 44.8 Å². The molecule has 2 fully saturated rings. The van der Waals surface area contributed by atoms with Crippen molar-refractivity contribution in [2.24, 2.45) is 0 Å². The minimum atomic E-state index is -0.0135. The number of aryl methyl sites for hydroxylation is 1. The van der Waals surface area contributed by atoms with Crippen LogP contribution in [-0.2, 0) is 6.42 Å². The molecule has 3 heterocycles. The fourth-order valence-corrected chi connectivity index (χ4v) is 5.57. The Labute approximate surface area is 192 Å². The first kappa shape index (κ1) is 21.1. The lowest BCUT2D eigenvalue weighted by Gasteiger charge is -2.33. The third-order valence-electron chi connectivity index (χ3n) is 6.58. The maximum Gasteiger partial charge on any atom is 0.317 e. The van der Waals surface area contributed by atoms with Crippen molar-refractivity contribution in [1.82, 2.24) is 24.8 Å². The van der Waals surface area contributed by atoms with E-state index in [9.17, 15) is 4.79 Å². The number of nitrogens with zero attached hydrogens (tertiary/aromatic N) is 5. The molecule has 32 heavy (non-hydrogen) atoms. The van der Waals surface area contributed by atoms with E-state index in [2.05, 4.69) is 46.7 Å². The number of nitrogens with one attached hydrogen (secondary N) is 2. The Balaban J connectivity index is 1.44. The number of aromatic nitrogens is 3. The van der Waals surface area contributed by atoms with Crippen LogP contribution < -0.4 is 15.5 Å². The second-order valence-electron chi connectivity index (χ2n) is 8.59. The molecule has 8 nitrogen and oxygen atoms in total. The van der Waals surface area contributed by atoms with Gasteiger partial charge >= 0.3 is 6.03 Å². The molecule has 3 aromatic rings. The van der Waals surface area contributed by atoms with Gasteiger partial charge in [-0.25, -0.2) is 9.78 Å². The Bertz CT molecular complexity index is 1080. The highest BCUT2D eigenvalue weighted by Crippen LogP contribution is 2.35.